The molecule has 4 aromatic rings. The van der Waals surface area contributed by atoms with E-state index in [0.717, 1.165) is 27.5 Å². The molecule has 0 fully saturated rings. The number of halogens is 1. The van der Waals surface area contributed by atoms with Gasteiger partial charge in [0.25, 0.3) is 5.56 Å². The first-order valence-corrected chi connectivity index (χ1v) is 7.21. The molecule has 4 rings (SSSR count). The van der Waals surface area contributed by atoms with E-state index in [0.29, 0.717) is 10.6 Å². The number of hydrogen-bond acceptors (Lipinski definition) is 2. The second kappa shape index (κ2) is 4.64. The summed E-state index contributed by atoms with van der Waals surface area (Å²) in [5.74, 6) is 0. The lowest BCUT2D eigenvalue weighted by molar-refractivity contribution is 1.31. The smallest absolute Gasteiger partial charge is 0.272 e. The molecule has 2 aromatic carbocycles. The Hall–Kier alpha value is -2.72. The molecule has 0 aliphatic rings. The van der Waals surface area contributed by atoms with Gasteiger partial charge in [-0.05, 0) is 23.8 Å². The van der Waals surface area contributed by atoms with Crippen LogP contribution in [0.3, 0.4) is 0 Å². The third-order valence-corrected chi connectivity index (χ3v) is 4.06. The average molecular weight is 310 g/mol. The summed E-state index contributed by atoms with van der Waals surface area (Å²) in [6.07, 6.45) is 0. The van der Waals surface area contributed by atoms with E-state index >= 15 is 0 Å². The highest BCUT2D eigenvalue weighted by molar-refractivity contribution is 6.31. The summed E-state index contributed by atoms with van der Waals surface area (Å²) in [5.41, 5.74) is 9.99. The number of aromatic amines is 2. The van der Waals surface area contributed by atoms with Crippen molar-refractivity contribution in [1.29, 1.82) is 0 Å². The molecule has 0 radical (unpaired) electrons. The first kappa shape index (κ1) is 13.0. The van der Waals surface area contributed by atoms with E-state index in [1.54, 1.807) is 0 Å². The second-order valence-corrected chi connectivity index (χ2v) is 5.61. The number of anilines is 1. The summed E-state index contributed by atoms with van der Waals surface area (Å²) in [6, 6.07) is 15.2. The van der Waals surface area contributed by atoms with Crippen molar-refractivity contribution in [2.45, 2.75) is 0 Å². The molecule has 0 aliphatic carbocycles. The summed E-state index contributed by atoms with van der Waals surface area (Å²) in [7, 11) is 0. The zero-order valence-electron chi connectivity index (χ0n) is 11.5. The number of aromatic nitrogens is 2. The van der Waals surface area contributed by atoms with Crippen LogP contribution < -0.4 is 11.3 Å². The number of fused-ring (bicyclic) bond motifs is 3. The Kier molecular flexibility index (Phi) is 2.74. The zero-order chi connectivity index (χ0) is 15.3. The van der Waals surface area contributed by atoms with Crippen molar-refractivity contribution in [2.24, 2.45) is 0 Å². The number of H-pyrrole nitrogens is 2. The summed E-state index contributed by atoms with van der Waals surface area (Å²) >= 11 is 6.07. The maximum atomic E-state index is 12.2. The minimum atomic E-state index is -0.299. The minimum Gasteiger partial charge on any atom is -0.394 e. The number of pyridine rings is 1. The molecule has 0 amide bonds. The lowest BCUT2D eigenvalue weighted by atomic mass is 10.0. The Labute approximate surface area is 130 Å². The summed E-state index contributed by atoms with van der Waals surface area (Å²) in [4.78, 5) is 18.4. The van der Waals surface area contributed by atoms with Gasteiger partial charge in [0.2, 0.25) is 0 Å². The van der Waals surface area contributed by atoms with Crippen molar-refractivity contribution < 1.29 is 0 Å². The Bertz CT molecular complexity index is 1060. The van der Waals surface area contributed by atoms with Gasteiger partial charge < -0.3 is 15.7 Å². The minimum absolute atomic E-state index is 0.205. The summed E-state index contributed by atoms with van der Waals surface area (Å²) in [5, 5.41) is 1.49. The van der Waals surface area contributed by atoms with E-state index in [1.165, 1.54) is 0 Å². The summed E-state index contributed by atoms with van der Waals surface area (Å²) in [6.45, 7) is 0. The van der Waals surface area contributed by atoms with Gasteiger partial charge in [0.15, 0.2) is 0 Å². The van der Waals surface area contributed by atoms with E-state index in [9.17, 15) is 4.79 Å². The molecular weight excluding hydrogens is 298 g/mol. The first-order chi connectivity index (χ1) is 10.6. The molecule has 5 heteroatoms. The van der Waals surface area contributed by atoms with Crippen molar-refractivity contribution in [3.05, 3.63) is 63.9 Å². The Morgan fingerprint density at radius 3 is 2.50 bits per heavy atom. The molecule has 4 N–H and O–H groups in total. The number of rotatable bonds is 1. The molecule has 2 heterocycles. The van der Waals surface area contributed by atoms with E-state index < -0.39 is 0 Å². The molecule has 0 bridgehead atoms. The van der Waals surface area contributed by atoms with E-state index in [-0.39, 0.29) is 11.2 Å². The van der Waals surface area contributed by atoms with Gasteiger partial charge in [-0.1, -0.05) is 41.9 Å². The van der Waals surface area contributed by atoms with Crippen LogP contribution in [-0.4, -0.2) is 9.97 Å². The maximum absolute atomic E-state index is 12.2. The number of benzene rings is 2. The highest BCUT2D eigenvalue weighted by atomic mass is 35.5. The highest BCUT2D eigenvalue weighted by Gasteiger charge is 2.16. The number of nitrogens with two attached hydrogens (primary N) is 1. The number of nitrogen functional groups attached to an aromatic ring is 1. The van der Waals surface area contributed by atoms with Crippen LogP contribution in [0, 0.1) is 0 Å². The lowest BCUT2D eigenvalue weighted by Crippen LogP contribution is -2.13. The lowest BCUT2D eigenvalue weighted by Gasteiger charge is -2.07. The summed E-state index contributed by atoms with van der Waals surface area (Å²) < 4.78 is 0. The zero-order valence-corrected chi connectivity index (χ0v) is 12.2. The predicted octanol–water partition coefficient (Wildman–Crippen LogP) is 3.91. The maximum Gasteiger partial charge on any atom is 0.272 e. The fraction of sp³-hybridized carbons (Fsp3) is 0. The van der Waals surface area contributed by atoms with Gasteiger partial charge in [-0.15, -0.1) is 0 Å². The van der Waals surface area contributed by atoms with Gasteiger partial charge >= 0.3 is 0 Å². The molecule has 22 heavy (non-hydrogen) atoms. The standard InChI is InChI=1S/C17H12ClN3O/c18-10-6-7-12-11(8-10)15-16(20-12)13(14(19)17(22)21-15)9-4-2-1-3-5-9/h1-8,20H,19H2,(H,21,22). The van der Waals surface area contributed by atoms with Gasteiger partial charge in [0, 0.05) is 21.5 Å². The van der Waals surface area contributed by atoms with E-state index in [4.69, 9.17) is 17.3 Å². The first-order valence-electron chi connectivity index (χ1n) is 6.83. The fourth-order valence-corrected chi connectivity index (χ4v) is 2.99. The normalized spacial score (nSPS) is 11.3. The molecule has 0 atom stereocenters. The van der Waals surface area contributed by atoms with Crippen LogP contribution in [0.25, 0.3) is 33.1 Å². The quantitative estimate of drug-likeness (QED) is 0.498. The molecular formula is C17H12ClN3O. The van der Waals surface area contributed by atoms with Crippen LogP contribution in [-0.2, 0) is 0 Å². The fourth-order valence-electron chi connectivity index (χ4n) is 2.82. The highest BCUT2D eigenvalue weighted by Crippen LogP contribution is 2.34. The van der Waals surface area contributed by atoms with Gasteiger partial charge in [-0.3, -0.25) is 4.79 Å². The Morgan fingerprint density at radius 2 is 1.73 bits per heavy atom. The van der Waals surface area contributed by atoms with Crippen LogP contribution in [0.2, 0.25) is 5.02 Å². The Morgan fingerprint density at radius 1 is 0.955 bits per heavy atom. The third-order valence-electron chi connectivity index (χ3n) is 3.83. The molecule has 0 saturated heterocycles. The van der Waals surface area contributed by atoms with Gasteiger partial charge in [-0.2, -0.15) is 0 Å². The molecule has 2 aromatic heterocycles. The van der Waals surface area contributed by atoms with Crippen molar-refractivity contribution in [1.82, 2.24) is 9.97 Å². The van der Waals surface area contributed by atoms with Crippen LogP contribution in [0.5, 0.6) is 0 Å². The average Bonchev–Trinajstić information content (AvgIpc) is 2.87. The molecule has 0 saturated carbocycles. The topological polar surface area (TPSA) is 74.7 Å². The van der Waals surface area contributed by atoms with E-state index in [1.807, 2.05) is 48.5 Å². The van der Waals surface area contributed by atoms with Crippen LogP contribution in [0.15, 0.2) is 53.3 Å². The molecule has 0 aliphatic heterocycles. The van der Waals surface area contributed by atoms with Crippen LogP contribution >= 0.6 is 11.6 Å². The predicted molar refractivity (Wildman–Crippen MR) is 91.3 cm³/mol. The molecule has 4 nitrogen and oxygen atoms in total. The molecule has 0 unspecified atom stereocenters. The van der Waals surface area contributed by atoms with E-state index in [2.05, 4.69) is 9.97 Å². The van der Waals surface area contributed by atoms with Gasteiger partial charge in [0.05, 0.1) is 11.0 Å². The number of nitrogens with one attached hydrogen (secondary N) is 2. The monoisotopic (exact) mass is 309 g/mol. The Balaban J connectivity index is 2.22. The van der Waals surface area contributed by atoms with Crippen LogP contribution in [0.4, 0.5) is 5.69 Å². The SMILES string of the molecule is Nc1c(-c2ccccc2)c2[nH]c3ccc(Cl)cc3c2[nH]c1=O. The van der Waals surface area contributed by atoms with Gasteiger partial charge in [0.1, 0.15) is 5.69 Å². The molecule has 108 valence electrons. The van der Waals surface area contributed by atoms with Crippen molar-refractivity contribution in [3.8, 4) is 11.1 Å². The van der Waals surface area contributed by atoms with Crippen molar-refractivity contribution in [2.75, 3.05) is 5.73 Å². The van der Waals surface area contributed by atoms with Gasteiger partial charge in [-0.25, -0.2) is 0 Å². The largest absolute Gasteiger partial charge is 0.394 e. The van der Waals surface area contributed by atoms with Crippen molar-refractivity contribution in [3.63, 3.8) is 0 Å². The number of hydrogen-bond donors (Lipinski definition) is 3. The van der Waals surface area contributed by atoms with Crippen LogP contribution in [0.1, 0.15) is 0 Å². The second-order valence-electron chi connectivity index (χ2n) is 5.17. The van der Waals surface area contributed by atoms with Crippen molar-refractivity contribution >= 4 is 39.2 Å². The third kappa shape index (κ3) is 1.81. The molecule has 0 spiro atoms.